The molecule has 5 nitrogen and oxygen atoms in total. The SMILES string of the molecule is CS(=O)(=O)NC(Cc1ccccc1)C(=N)N. The molecule has 0 amide bonds. The fourth-order valence-electron chi connectivity index (χ4n) is 1.32. The van der Waals surface area contributed by atoms with E-state index in [-0.39, 0.29) is 5.84 Å². The number of nitrogens with two attached hydrogens (primary N) is 1. The summed E-state index contributed by atoms with van der Waals surface area (Å²) >= 11 is 0. The lowest BCUT2D eigenvalue weighted by Gasteiger charge is -2.15. The first-order valence-corrected chi connectivity index (χ1v) is 6.63. The zero-order valence-electron chi connectivity index (χ0n) is 8.97. The van der Waals surface area contributed by atoms with Crippen LogP contribution in [0.25, 0.3) is 0 Å². The van der Waals surface area contributed by atoms with Gasteiger partial charge in [-0.15, -0.1) is 0 Å². The number of benzene rings is 1. The van der Waals surface area contributed by atoms with E-state index in [0.717, 1.165) is 11.8 Å². The monoisotopic (exact) mass is 241 g/mol. The summed E-state index contributed by atoms with van der Waals surface area (Å²) in [7, 11) is -3.36. The second kappa shape index (κ2) is 5.09. The van der Waals surface area contributed by atoms with Crippen LogP contribution in [0.1, 0.15) is 5.56 Å². The van der Waals surface area contributed by atoms with Crippen molar-refractivity contribution in [3.05, 3.63) is 35.9 Å². The Balaban J connectivity index is 2.77. The number of hydrogen-bond donors (Lipinski definition) is 3. The number of sulfonamides is 1. The summed E-state index contributed by atoms with van der Waals surface area (Å²) in [5.41, 5.74) is 6.28. The van der Waals surface area contributed by atoms with Crippen molar-refractivity contribution in [2.45, 2.75) is 12.5 Å². The van der Waals surface area contributed by atoms with E-state index in [9.17, 15) is 8.42 Å². The maximum atomic E-state index is 11.1. The highest BCUT2D eigenvalue weighted by atomic mass is 32.2. The molecule has 0 fully saturated rings. The van der Waals surface area contributed by atoms with Gasteiger partial charge in [0.2, 0.25) is 10.0 Å². The predicted octanol–water partition coefficient (Wildman–Crippen LogP) is 0.0829. The van der Waals surface area contributed by atoms with Crippen molar-refractivity contribution in [3.8, 4) is 0 Å². The van der Waals surface area contributed by atoms with Crippen LogP contribution in [0.3, 0.4) is 0 Å². The van der Waals surface area contributed by atoms with Crippen LogP contribution in [-0.4, -0.2) is 26.6 Å². The van der Waals surface area contributed by atoms with Crippen LogP contribution < -0.4 is 10.5 Å². The minimum Gasteiger partial charge on any atom is -0.386 e. The first-order valence-electron chi connectivity index (χ1n) is 4.73. The third-order valence-electron chi connectivity index (χ3n) is 2.01. The van der Waals surface area contributed by atoms with Crippen LogP contribution >= 0.6 is 0 Å². The van der Waals surface area contributed by atoms with E-state index >= 15 is 0 Å². The van der Waals surface area contributed by atoms with Crippen molar-refractivity contribution in [3.63, 3.8) is 0 Å². The van der Waals surface area contributed by atoms with Gasteiger partial charge in [0.05, 0.1) is 12.3 Å². The second-order valence-corrected chi connectivity index (χ2v) is 5.37. The quantitative estimate of drug-likeness (QED) is 0.503. The Morgan fingerprint density at radius 3 is 2.44 bits per heavy atom. The fraction of sp³-hybridized carbons (Fsp3) is 0.300. The first-order chi connectivity index (χ1) is 7.38. The van der Waals surface area contributed by atoms with Gasteiger partial charge >= 0.3 is 0 Å². The lowest BCUT2D eigenvalue weighted by molar-refractivity contribution is 0.579. The summed E-state index contributed by atoms with van der Waals surface area (Å²) in [5, 5.41) is 7.33. The second-order valence-electron chi connectivity index (χ2n) is 3.59. The molecule has 0 heterocycles. The van der Waals surface area contributed by atoms with Gasteiger partial charge in [-0.1, -0.05) is 30.3 Å². The predicted molar refractivity (Wildman–Crippen MR) is 63.8 cm³/mol. The molecule has 1 atom stereocenters. The highest BCUT2D eigenvalue weighted by Crippen LogP contribution is 2.03. The van der Waals surface area contributed by atoms with Crippen molar-refractivity contribution < 1.29 is 8.42 Å². The molecule has 0 radical (unpaired) electrons. The number of nitrogens with one attached hydrogen (secondary N) is 2. The van der Waals surface area contributed by atoms with Crippen LogP contribution in [-0.2, 0) is 16.4 Å². The number of amidine groups is 1. The van der Waals surface area contributed by atoms with Crippen molar-refractivity contribution in [2.75, 3.05) is 6.26 Å². The Hall–Kier alpha value is -1.40. The van der Waals surface area contributed by atoms with Crippen LogP contribution in [0.15, 0.2) is 30.3 Å². The largest absolute Gasteiger partial charge is 0.386 e. The van der Waals surface area contributed by atoms with Gasteiger partial charge in [0, 0.05) is 0 Å². The van der Waals surface area contributed by atoms with Crippen LogP contribution in [0.2, 0.25) is 0 Å². The maximum absolute atomic E-state index is 11.1. The molecule has 4 N–H and O–H groups in total. The van der Waals surface area contributed by atoms with E-state index in [4.69, 9.17) is 11.1 Å². The zero-order valence-corrected chi connectivity index (χ0v) is 9.79. The van der Waals surface area contributed by atoms with Gasteiger partial charge in [0.15, 0.2) is 0 Å². The van der Waals surface area contributed by atoms with Crippen LogP contribution in [0, 0.1) is 5.41 Å². The maximum Gasteiger partial charge on any atom is 0.209 e. The van der Waals surface area contributed by atoms with Gasteiger partial charge in [-0.2, -0.15) is 0 Å². The summed E-state index contributed by atoms with van der Waals surface area (Å²) in [6.45, 7) is 0. The fourth-order valence-corrected chi connectivity index (χ4v) is 2.05. The van der Waals surface area contributed by atoms with Crippen molar-refractivity contribution in [1.82, 2.24) is 4.72 Å². The molecule has 6 heteroatoms. The lowest BCUT2D eigenvalue weighted by Crippen LogP contribution is -2.44. The molecular formula is C10H15N3O2S. The Bertz CT molecular complexity index is 456. The Morgan fingerprint density at radius 2 is 2.00 bits per heavy atom. The topological polar surface area (TPSA) is 96.0 Å². The molecule has 0 spiro atoms. The Labute approximate surface area is 95.2 Å². The summed E-state index contributed by atoms with van der Waals surface area (Å²) in [5.74, 6) is -0.186. The molecule has 1 unspecified atom stereocenters. The van der Waals surface area contributed by atoms with Crippen molar-refractivity contribution >= 4 is 15.9 Å². The van der Waals surface area contributed by atoms with E-state index in [0.29, 0.717) is 6.42 Å². The molecule has 16 heavy (non-hydrogen) atoms. The molecule has 0 aliphatic carbocycles. The van der Waals surface area contributed by atoms with Gasteiger partial charge in [0.1, 0.15) is 5.84 Å². The van der Waals surface area contributed by atoms with Crippen LogP contribution in [0.4, 0.5) is 0 Å². The molecule has 0 saturated carbocycles. The minimum atomic E-state index is -3.36. The van der Waals surface area contributed by atoms with E-state index in [1.54, 1.807) is 0 Å². The Kier molecular flexibility index (Phi) is 4.03. The normalized spacial score (nSPS) is 13.3. The molecule has 1 aromatic rings. The third-order valence-corrected chi connectivity index (χ3v) is 2.73. The molecule has 0 bridgehead atoms. The molecule has 1 rings (SSSR count). The summed E-state index contributed by atoms with van der Waals surface area (Å²) in [6.07, 6.45) is 1.43. The van der Waals surface area contributed by atoms with Gasteiger partial charge in [-0.25, -0.2) is 13.1 Å². The van der Waals surface area contributed by atoms with E-state index in [2.05, 4.69) is 4.72 Å². The highest BCUT2D eigenvalue weighted by molar-refractivity contribution is 7.88. The summed E-state index contributed by atoms with van der Waals surface area (Å²) < 4.78 is 24.5. The van der Waals surface area contributed by atoms with Gasteiger partial charge in [0.25, 0.3) is 0 Å². The van der Waals surface area contributed by atoms with Gasteiger partial charge in [-0.05, 0) is 12.0 Å². The third kappa shape index (κ3) is 4.41. The smallest absolute Gasteiger partial charge is 0.209 e. The van der Waals surface area contributed by atoms with E-state index < -0.39 is 16.1 Å². The molecule has 1 aromatic carbocycles. The van der Waals surface area contributed by atoms with Gasteiger partial charge < -0.3 is 5.73 Å². The molecule has 0 aliphatic heterocycles. The van der Waals surface area contributed by atoms with Crippen molar-refractivity contribution in [2.24, 2.45) is 5.73 Å². The Morgan fingerprint density at radius 1 is 1.44 bits per heavy atom. The minimum absolute atomic E-state index is 0.186. The molecule has 0 aromatic heterocycles. The molecule has 0 saturated heterocycles. The molecular weight excluding hydrogens is 226 g/mol. The average Bonchev–Trinajstić information content (AvgIpc) is 2.16. The average molecular weight is 241 g/mol. The number of rotatable bonds is 5. The van der Waals surface area contributed by atoms with Crippen molar-refractivity contribution in [1.29, 1.82) is 5.41 Å². The first kappa shape index (κ1) is 12.7. The standard InChI is InChI=1S/C10H15N3O2S/c1-16(14,15)13-9(10(11)12)7-8-5-3-2-4-6-8/h2-6,9,13H,7H2,1H3,(H3,11,12). The molecule has 0 aliphatic rings. The summed E-state index contributed by atoms with van der Waals surface area (Å²) in [6, 6.07) is 8.62. The van der Waals surface area contributed by atoms with Crippen LogP contribution in [0.5, 0.6) is 0 Å². The van der Waals surface area contributed by atoms with E-state index in [1.807, 2.05) is 30.3 Å². The lowest BCUT2D eigenvalue weighted by atomic mass is 10.1. The van der Waals surface area contributed by atoms with Gasteiger partial charge in [-0.3, -0.25) is 5.41 Å². The number of hydrogen-bond acceptors (Lipinski definition) is 3. The van der Waals surface area contributed by atoms with E-state index in [1.165, 1.54) is 0 Å². The highest BCUT2D eigenvalue weighted by Gasteiger charge is 2.16. The zero-order chi connectivity index (χ0) is 12.2. The summed E-state index contributed by atoms with van der Waals surface area (Å²) in [4.78, 5) is 0. The molecule has 88 valence electrons.